The molecule has 6 N–H and O–H groups in total. The molecule has 2 aromatic heterocycles. The maximum absolute atomic E-state index is 12.5. The Morgan fingerprint density at radius 2 is 1.57 bits per heavy atom. The number of benzene rings is 1. The predicted octanol–water partition coefficient (Wildman–Crippen LogP) is 1.92. The number of aliphatic hydroxyl groups is 1. The second-order valence-electron chi connectivity index (χ2n) is 8.50. The van der Waals surface area contributed by atoms with E-state index in [2.05, 4.69) is 25.8 Å². The number of pyridine rings is 1. The van der Waals surface area contributed by atoms with Crippen molar-refractivity contribution in [2.24, 2.45) is 0 Å². The highest BCUT2D eigenvalue weighted by Gasteiger charge is 2.38. The van der Waals surface area contributed by atoms with Crippen molar-refractivity contribution in [1.82, 2.24) is 25.4 Å². The fourth-order valence-electron chi connectivity index (χ4n) is 3.18. The lowest BCUT2D eigenvalue weighted by Gasteiger charge is -2.28. The lowest BCUT2D eigenvalue weighted by Crippen LogP contribution is -2.49. The molecule has 0 spiro atoms. The number of hydrogen-bond acceptors (Lipinski definition) is 9. The maximum atomic E-state index is 12.5. The van der Waals surface area contributed by atoms with Crippen molar-refractivity contribution in [1.29, 1.82) is 0 Å². The molecule has 2 amide bonds. The summed E-state index contributed by atoms with van der Waals surface area (Å²) in [7, 11) is 0. The molecule has 1 atom stereocenters. The molecule has 14 nitrogen and oxygen atoms in total. The monoisotopic (exact) mass is 638 g/mol. The van der Waals surface area contributed by atoms with Gasteiger partial charge in [0.25, 0.3) is 11.8 Å². The first-order chi connectivity index (χ1) is 20.5. The van der Waals surface area contributed by atoms with Crippen LogP contribution in [0.3, 0.4) is 0 Å². The molecular formula is C24H24F6N6O8. The van der Waals surface area contributed by atoms with Gasteiger partial charge in [0.1, 0.15) is 11.9 Å². The fraction of sp³-hybridized carbons (Fsp3) is 0.333. The van der Waals surface area contributed by atoms with Crippen LogP contribution in [0.4, 0.5) is 37.8 Å². The molecule has 1 fully saturated rings. The lowest BCUT2D eigenvalue weighted by molar-refractivity contribution is -0.193. The van der Waals surface area contributed by atoms with Crippen LogP contribution < -0.4 is 10.6 Å². The SMILES string of the molecule is O=C(NCC(O)C(=O)N1CCOCC1)c1ccnc(Nc2ccc3[nH]ncc3c2)c1.O=C(O)C(F)(F)F.O=C(O)C(F)(F)F. The van der Waals surface area contributed by atoms with Crippen molar-refractivity contribution in [2.75, 3.05) is 38.2 Å². The molecule has 0 bridgehead atoms. The van der Waals surface area contributed by atoms with Gasteiger partial charge in [-0.1, -0.05) is 0 Å². The Kier molecular flexibility index (Phi) is 12.4. The number of aromatic nitrogens is 3. The largest absolute Gasteiger partial charge is 0.490 e. The summed E-state index contributed by atoms with van der Waals surface area (Å²) in [5, 5.41) is 37.9. The van der Waals surface area contributed by atoms with E-state index in [0.29, 0.717) is 37.7 Å². The maximum Gasteiger partial charge on any atom is 0.490 e. The Bertz CT molecular complexity index is 1420. The minimum atomic E-state index is -5.08. The number of aliphatic carboxylic acids is 2. The number of carbonyl (C=O) groups is 4. The number of H-pyrrole nitrogens is 1. The molecule has 1 aromatic carbocycles. The van der Waals surface area contributed by atoms with E-state index in [1.165, 1.54) is 11.1 Å². The molecule has 0 saturated carbocycles. The van der Waals surface area contributed by atoms with Crippen molar-refractivity contribution in [2.45, 2.75) is 18.5 Å². The van der Waals surface area contributed by atoms with Crippen molar-refractivity contribution in [3.63, 3.8) is 0 Å². The number of carboxylic acids is 2. The summed E-state index contributed by atoms with van der Waals surface area (Å²) in [6.07, 6.45) is -8.22. The second-order valence-corrected chi connectivity index (χ2v) is 8.50. The number of carbonyl (C=O) groups excluding carboxylic acids is 2. The third kappa shape index (κ3) is 11.4. The molecule has 44 heavy (non-hydrogen) atoms. The van der Waals surface area contributed by atoms with E-state index in [-0.39, 0.29) is 6.54 Å². The smallest absolute Gasteiger partial charge is 0.475 e. The number of morpholine rings is 1. The van der Waals surface area contributed by atoms with Crippen LogP contribution in [0, 0.1) is 0 Å². The van der Waals surface area contributed by atoms with Gasteiger partial charge in [-0.3, -0.25) is 14.7 Å². The Morgan fingerprint density at radius 3 is 2.14 bits per heavy atom. The van der Waals surface area contributed by atoms with Crippen LogP contribution in [-0.4, -0.2) is 110 Å². The molecule has 3 aromatic rings. The number of hydrogen-bond donors (Lipinski definition) is 6. The van der Waals surface area contributed by atoms with Crippen LogP contribution in [-0.2, 0) is 19.1 Å². The van der Waals surface area contributed by atoms with Gasteiger partial charge in [0.05, 0.1) is 31.5 Å². The van der Waals surface area contributed by atoms with Gasteiger partial charge in [0, 0.05) is 35.9 Å². The quantitative estimate of drug-likeness (QED) is 0.215. The Hall–Kier alpha value is -4.98. The number of carboxylic acid groups (broad SMARTS) is 2. The molecule has 240 valence electrons. The zero-order valence-corrected chi connectivity index (χ0v) is 22.1. The van der Waals surface area contributed by atoms with Crippen molar-refractivity contribution in [3.8, 4) is 0 Å². The number of aromatic amines is 1. The number of anilines is 2. The van der Waals surface area contributed by atoms with E-state index in [1.807, 2.05) is 18.2 Å². The van der Waals surface area contributed by atoms with Gasteiger partial charge in [0.15, 0.2) is 0 Å². The van der Waals surface area contributed by atoms with Gasteiger partial charge in [-0.25, -0.2) is 14.6 Å². The number of halogens is 6. The van der Waals surface area contributed by atoms with Crippen LogP contribution in [0.1, 0.15) is 10.4 Å². The number of ether oxygens (including phenoxy) is 1. The van der Waals surface area contributed by atoms with Gasteiger partial charge >= 0.3 is 24.3 Å². The molecule has 4 rings (SSSR count). The summed E-state index contributed by atoms with van der Waals surface area (Å²) in [6.45, 7) is 1.61. The summed E-state index contributed by atoms with van der Waals surface area (Å²) in [5.74, 6) is -5.83. The number of fused-ring (bicyclic) bond motifs is 1. The highest BCUT2D eigenvalue weighted by Crippen LogP contribution is 2.20. The molecule has 1 saturated heterocycles. The number of rotatable bonds is 6. The number of nitrogens with zero attached hydrogens (tertiary/aromatic N) is 3. The van der Waals surface area contributed by atoms with E-state index in [4.69, 9.17) is 24.5 Å². The summed E-state index contributed by atoms with van der Waals surface area (Å²) in [4.78, 5) is 48.2. The van der Waals surface area contributed by atoms with Crippen LogP contribution >= 0.6 is 0 Å². The van der Waals surface area contributed by atoms with Crippen LogP contribution in [0.5, 0.6) is 0 Å². The van der Waals surface area contributed by atoms with Crippen LogP contribution in [0.15, 0.2) is 42.7 Å². The highest BCUT2D eigenvalue weighted by atomic mass is 19.4. The van der Waals surface area contributed by atoms with Gasteiger partial charge in [0.2, 0.25) is 0 Å². The molecule has 1 aliphatic heterocycles. The second kappa shape index (κ2) is 15.5. The summed E-state index contributed by atoms with van der Waals surface area (Å²) in [5.41, 5.74) is 2.09. The summed E-state index contributed by atoms with van der Waals surface area (Å²) in [6, 6.07) is 8.86. The van der Waals surface area contributed by atoms with Crippen molar-refractivity contribution < 1.29 is 65.6 Å². The van der Waals surface area contributed by atoms with Crippen molar-refractivity contribution in [3.05, 3.63) is 48.3 Å². The van der Waals surface area contributed by atoms with E-state index in [1.54, 1.807) is 18.3 Å². The fourth-order valence-corrected chi connectivity index (χ4v) is 3.18. The Morgan fingerprint density at radius 1 is 0.977 bits per heavy atom. The van der Waals surface area contributed by atoms with Gasteiger partial charge < -0.3 is 35.6 Å². The van der Waals surface area contributed by atoms with Crippen LogP contribution in [0.2, 0.25) is 0 Å². The number of aliphatic hydroxyl groups excluding tert-OH is 1. The standard InChI is InChI=1S/C20H22N6O4.2C2HF3O2/c27-17(20(29)26-5-7-30-8-6-26)12-22-19(28)13-3-4-21-18(10-13)24-15-1-2-16-14(9-15)11-23-25-16;2*3-2(4,5)1(6)7/h1-4,9-11,17,27H,5-8,12H2,(H,21,24)(H,22,28)(H,23,25);2*(H,6,7). The lowest BCUT2D eigenvalue weighted by atomic mass is 10.2. The van der Waals surface area contributed by atoms with E-state index < -0.39 is 42.2 Å². The first-order valence-electron chi connectivity index (χ1n) is 12.1. The minimum Gasteiger partial charge on any atom is -0.475 e. The third-order valence-corrected chi connectivity index (χ3v) is 5.28. The summed E-state index contributed by atoms with van der Waals surface area (Å²) >= 11 is 0. The Labute approximate surface area is 242 Å². The number of alkyl halides is 6. The number of nitrogens with one attached hydrogen (secondary N) is 3. The van der Waals surface area contributed by atoms with Gasteiger partial charge in [-0.05, 0) is 30.3 Å². The molecule has 20 heteroatoms. The van der Waals surface area contributed by atoms with Crippen molar-refractivity contribution >= 4 is 46.2 Å². The van der Waals surface area contributed by atoms with Gasteiger partial charge in [-0.2, -0.15) is 31.4 Å². The van der Waals surface area contributed by atoms with Gasteiger partial charge in [-0.15, -0.1) is 0 Å². The zero-order chi connectivity index (χ0) is 33.1. The third-order valence-electron chi connectivity index (χ3n) is 5.28. The molecule has 0 radical (unpaired) electrons. The average Bonchev–Trinajstić information content (AvgIpc) is 3.43. The minimum absolute atomic E-state index is 0.169. The first kappa shape index (κ1) is 35.2. The van der Waals surface area contributed by atoms with E-state index in [9.17, 15) is 41.0 Å². The highest BCUT2D eigenvalue weighted by molar-refractivity contribution is 5.95. The zero-order valence-electron chi connectivity index (χ0n) is 22.1. The summed E-state index contributed by atoms with van der Waals surface area (Å²) < 4.78 is 68.7. The first-order valence-corrected chi connectivity index (χ1v) is 12.1. The molecule has 3 heterocycles. The molecule has 1 unspecified atom stereocenters. The number of amides is 2. The topological polar surface area (TPSA) is 207 Å². The molecule has 1 aliphatic rings. The van der Waals surface area contributed by atoms with E-state index >= 15 is 0 Å². The van der Waals surface area contributed by atoms with Crippen LogP contribution in [0.25, 0.3) is 10.9 Å². The Balaban J connectivity index is 0.000000402. The molecule has 0 aliphatic carbocycles. The van der Waals surface area contributed by atoms with E-state index in [0.717, 1.165) is 16.6 Å². The predicted molar refractivity (Wildman–Crippen MR) is 137 cm³/mol. The molecular weight excluding hydrogens is 614 g/mol. The normalized spacial score (nSPS) is 13.8. The average molecular weight is 638 g/mol.